The quantitative estimate of drug-likeness (QED) is 0.515. The van der Waals surface area contributed by atoms with Crippen LogP contribution >= 0.6 is 11.6 Å². The van der Waals surface area contributed by atoms with E-state index in [1.54, 1.807) is 6.07 Å². The Morgan fingerprint density at radius 3 is 2.31 bits per heavy atom. The van der Waals surface area contributed by atoms with Gasteiger partial charge in [0.05, 0.1) is 27.2 Å². The topological polar surface area (TPSA) is 127 Å². The van der Waals surface area contributed by atoms with Crippen LogP contribution in [0.4, 0.5) is 4.79 Å². The van der Waals surface area contributed by atoms with E-state index < -0.39 is 25.9 Å². The number of aromatic nitrogens is 2. The summed E-state index contributed by atoms with van der Waals surface area (Å²) in [5, 5.41) is 2.63. The number of hydrogen-bond acceptors (Lipinski definition) is 6. The summed E-state index contributed by atoms with van der Waals surface area (Å²) in [6, 6.07) is 9.90. The number of aryl methyl sites for hydroxylation is 1. The number of amides is 2. The van der Waals surface area contributed by atoms with Crippen LogP contribution in [0.1, 0.15) is 18.3 Å². The zero-order chi connectivity index (χ0) is 23.7. The van der Waals surface area contributed by atoms with E-state index in [0.717, 1.165) is 29.6 Å². The Labute approximate surface area is 191 Å². The van der Waals surface area contributed by atoms with Crippen molar-refractivity contribution in [3.63, 3.8) is 0 Å². The summed E-state index contributed by atoms with van der Waals surface area (Å²) in [6.45, 7) is 2.22. The number of sulfonamides is 1. The van der Waals surface area contributed by atoms with Crippen molar-refractivity contribution in [2.45, 2.75) is 24.7 Å². The van der Waals surface area contributed by atoms with E-state index in [2.05, 4.69) is 10.3 Å². The van der Waals surface area contributed by atoms with Gasteiger partial charge in [-0.1, -0.05) is 30.7 Å². The number of hydrogen-bond donors (Lipinski definition) is 2. The van der Waals surface area contributed by atoms with Gasteiger partial charge in [0.15, 0.2) is 9.84 Å². The van der Waals surface area contributed by atoms with Crippen molar-refractivity contribution in [3.8, 4) is 5.69 Å². The molecule has 0 aliphatic rings. The van der Waals surface area contributed by atoms with Crippen LogP contribution < -0.4 is 10.0 Å². The number of rotatable bonds is 7. The molecule has 172 valence electrons. The molecular formula is C20H23ClN4O5S2. The molecular weight excluding hydrogens is 476 g/mol. The molecule has 3 aromatic rings. The van der Waals surface area contributed by atoms with Gasteiger partial charge in [0.1, 0.15) is 5.82 Å². The number of carbonyl (C=O) groups is 1. The average molecular weight is 499 g/mol. The van der Waals surface area contributed by atoms with Crippen molar-refractivity contribution in [3.05, 3.63) is 52.8 Å². The summed E-state index contributed by atoms with van der Waals surface area (Å²) in [5.74, 6) is 0.758. The van der Waals surface area contributed by atoms with Gasteiger partial charge in [-0.25, -0.2) is 31.3 Å². The predicted octanol–water partition coefficient (Wildman–Crippen LogP) is 2.45. The lowest BCUT2D eigenvalue weighted by atomic mass is 10.1. The maximum atomic E-state index is 12.0. The summed E-state index contributed by atoms with van der Waals surface area (Å²) in [7, 11) is -7.08. The molecule has 2 N–H and O–H groups in total. The lowest BCUT2D eigenvalue weighted by molar-refractivity contribution is 0.246. The first-order chi connectivity index (χ1) is 14.9. The van der Waals surface area contributed by atoms with Gasteiger partial charge in [0.2, 0.25) is 10.0 Å². The van der Waals surface area contributed by atoms with Gasteiger partial charge >= 0.3 is 6.03 Å². The molecule has 0 saturated heterocycles. The Bertz CT molecular complexity index is 1380. The van der Waals surface area contributed by atoms with Gasteiger partial charge < -0.3 is 5.32 Å². The fourth-order valence-corrected chi connectivity index (χ4v) is 5.00. The summed E-state index contributed by atoms with van der Waals surface area (Å²) in [4.78, 5) is 16.1. The van der Waals surface area contributed by atoms with Crippen molar-refractivity contribution in [2.75, 3.05) is 19.1 Å². The average Bonchev–Trinajstić information content (AvgIpc) is 3.03. The van der Waals surface area contributed by atoms with Crippen molar-refractivity contribution in [2.24, 2.45) is 0 Å². The van der Waals surface area contributed by atoms with Crippen LogP contribution in [0.15, 0.2) is 41.3 Å². The fraction of sp³-hybridized carbons (Fsp3) is 0.300. The molecule has 0 radical (unpaired) electrons. The number of fused-ring (bicyclic) bond motifs is 1. The number of imidazole rings is 1. The number of benzene rings is 2. The van der Waals surface area contributed by atoms with Crippen LogP contribution in [0, 0.1) is 0 Å². The van der Waals surface area contributed by atoms with E-state index in [9.17, 15) is 21.6 Å². The Hall–Kier alpha value is -2.63. The second-order valence-corrected chi connectivity index (χ2v) is 11.4. The first-order valence-corrected chi connectivity index (χ1v) is 13.8. The third-order valence-electron chi connectivity index (χ3n) is 4.67. The molecule has 0 atom stereocenters. The molecule has 9 nitrogen and oxygen atoms in total. The molecule has 0 saturated carbocycles. The van der Waals surface area contributed by atoms with Crippen LogP contribution in [0.25, 0.3) is 16.7 Å². The molecule has 2 amide bonds. The highest BCUT2D eigenvalue weighted by Gasteiger charge is 2.18. The van der Waals surface area contributed by atoms with Crippen LogP contribution in [0.5, 0.6) is 0 Å². The Morgan fingerprint density at radius 1 is 1.09 bits per heavy atom. The molecule has 0 bridgehead atoms. The third kappa shape index (κ3) is 5.59. The third-order valence-corrected chi connectivity index (χ3v) is 6.78. The minimum absolute atomic E-state index is 0.0433. The number of carbonyl (C=O) groups excluding carboxylic acids is 1. The highest BCUT2D eigenvalue weighted by molar-refractivity contribution is 7.90. The smallest absolute Gasteiger partial charge is 0.328 e. The maximum absolute atomic E-state index is 12.0. The molecule has 1 aromatic heterocycles. The maximum Gasteiger partial charge on any atom is 0.328 e. The van der Waals surface area contributed by atoms with Gasteiger partial charge in [-0.15, -0.1) is 0 Å². The highest BCUT2D eigenvalue weighted by Crippen LogP contribution is 2.30. The van der Waals surface area contributed by atoms with Crippen molar-refractivity contribution >= 4 is 48.5 Å². The second-order valence-electron chi connectivity index (χ2n) is 7.31. The molecule has 3 rings (SSSR count). The number of nitrogens with one attached hydrogen (secondary N) is 2. The number of urea groups is 1. The van der Waals surface area contributed by atoms with E-state index in [1.165, 1.54) is 6.07 Å². The summed E-state index contributed by atoms with van der Waals surface area (Å²) in [6.07, 6.45) is 3.15. The summed E-state index contributed by atoms with van der Waals surface area (Å²) < 4.78 is 49.8. The predicted molar refractivity (Wildman–Crippen MR) is 124 cm³/mol. The molecule has 2 aromatic carbocycles. The lowest BCUT2D eigenvalue weighted by Crippen LogP contribution is -2.39. The van der Waals surface area contributed by atoms with E-state index in [4.69, 9.17) is 11.6 Å². The van der Waals surface area contributed by atoms with Gasteiger partial charge in [-0.2, -0.15) is 0 Å². The van der Waals surface area contributed by atoms with Crippen molar-refractivity contribution in [1.29, 1.82) is 0 Å². The second kappa shape index (κ2) is 9.08. The van der Waals surface area contributed by atoms with Gasteiger partial charge in [-0.05, 0) is 36.2 Å². The molecule has 12 heteroatoms. The van der Waals surface area contributed by atoms with E-state index in [-0.39, 0.29) is 16.5 Å². The number of nitrogens with zero attached hydrogens (tertiary/aromatic N) is 2. The van der Waals surface area contributed by atoms with Crippen LogP contribution in [0.2, 0.25) is 5.02 Å². The Morgan fingerprint density at radius 2 is 1.75 bits per heavy atom. The minimum Gasteiger partial charge on any atom is -0.337 e. The molecule has 0 aliphatic carbocycles. The zero-order valence-corrected chi connectivity index (χ0v) is 20.1. The van der Waals surface area contributed by atoms with Gasteiger partial charge in [0.25, 0.3) is 0 Å². The summed E-state index contributed by atoms with van der Waals surface area (Å²) >= 11 is 6.25. The standard InChI is InChI=1S/C20H23ClN4O5S2/c1-4-19-23-16-12-18(31(2,27)28)15(21)11-17(16)25(19)14-7-5-13(6-8-14)9-10-22-20(26)24-32(3,29)30/h5-8,11-12H,4,9-10H2,1-3H3,(H2,22,24,26). The first-order valence-electron chi connectivity index (χ1n) is 9.65. The summed E-state index contributed by atoms with van der Waals surface area (Å²) in [5.41, 5.74) is 3.01. The number of halogens is 1. The van der Waals surface area contributed by atoms with E-state index >= 15 is 0 Å². The van der Waals surface area contributed by atoms with E-state index in [1.807, 2.05) is 40.5 Å². The highest BCUT2D eigenvalue weighted by atomic mass is 35.5. The van der Waals surface area contributed by atoms with Gasteiger partial charge in [0, 0.05) is 24.9 Å². The molecule has 0 spiro atoms. The molecule has 32 heavy (non-hydrogen) atoms. The monoisotopic (exact) mass is 498 g/mol. The fourth-order valence-electron chi connectivity index (χ4n) is 3.27. The lowest BCUT2D eigenvalue weighted by Gasteiger charge is -2.11. The van der Waals surface area contributed by atoms with Crippen LogP contribution in [-0.4, -0.2) is 51.5 Å². The van der Waals surface area contributed by atoms with Crippen LogP contribution in [-0.2, 0) is 32.7 Å². The van der Waals surface area contributed by atoms with E-state index in [0.29, 0.717) is 23.9 Å². The normalized spacial score (nSPS) is 12.1. The largest absolute Gasteiger partial charge is 0.337 e. The molecule has 0 fully saturated rings. The van der Waals surface area contributed by atoms with Crippen molar-refractivity contribution in [1.82, 2.24) is 19.6 Å². The van der Waals surface area contributed by atoms with Gasteiger partial charge in [-0.3, -0.25) is 4.57 Å². The zero-order valence-electron chi connectivity index (χ0n) is 17.7. The Balaban J connectivity index is 1.84. The first kappa shape index (κ1) is 24.0. The molecule has 0 unspecified atom stereocenters. The Kier molecular flexibility index (Phi) is 6.82. The van der Waals surface area contributed by atoms with Crippen molar-refractivity contribution < 1.29 is 21.6 Å². The number of sulfone groups is 1. The molecule has 0 aliphatic heterocycles. The molecule has 1 heterocycles. The SMILES string of the molecule is CCc1nc2cc(S(C)(=O)=O)c(Cl)cc2n1-c1ccc(CCNC(=O)NS(C)(=O)=O)cc1. The minimum atomic E-state index is -3.60. The van der Waals surface area contributed by atoms with Crippen LogP contribution in [0.3, 0.4) is 0 Å².